The summed E-state index contributed by atoms with van der Waals surface area (Å²) in [6, 6.07) is 19.2. The van der Waals surface area contributed by atoms with E-state index in [1.165, 1.54) is 0 Å². The van der Waals surface area contributed by atoms with E-state index >= 15 is 0 Å². The second-order valence-corrected chi connectivity index (χ2v) is 16.1. The van der Waals surface area contributed by atoms with Gasteiger partial charge >= 0.3 is 0 Å². The molecular formula is C46H58N2O7. The zero-order chi connectivity index (χ0) is 39.2. The van der Waals surface area contributed by atoms with Crippen molar-refractivity contribution in [1.82, 2.24) is 4.90 Å². The highest BCUT2D eigenvalue weighted by Crippen LogP contribution is 2.62. The van der Waals surface area contributed by atoms with Crippen molar-refractivity contribution < 1.29 is 34.1 Å². The summed E-state index contributed by atoms with van der Waals surface area (Å²) in [6.45, 7) is 14.6. The van der Waals surface area contributed by atoms with Gasteiger partial charge in [0.05, 0.1) is 18.2 Å². The van der Waals surface area contributed by atoms with E-state index in [0.717, 1.165) is 53.3 Å². The van der Waals surface area contributed by atoms with Crippen LogP contribution in [0.2, 0.25) is 0 Å². The van der Waals surface area contributed by atoms with Crippen LogP contribution in [0.3, 0.4) is 0 Å². The molecular weight excluding hydrogens is 693 g/mol. The van der Waals surface area contributed by atoms with Crippen LogP contribution < -0.4 is 9.47 Å². The maximum absolute atomic E-state index is 14.7. The number of aliphatic hydroxyl groups is 2. The molecule has 1 amide bonds. The summed E-state index contributed by atoms with van der Waals surface area (Å²) in [5.41, 5.74) is 2.78. The number of fused-ring (bicyclic) bond motifs is 3. The first kappa shape index (κ1) is 40.2. The summed E-state index contributed by atoms with van der Waals surface area (Å²) in [6.07, 6.45) is 11.0. The smallest absolute Gasteiger partial charge is 0.254 e. The number of rotatable bonds is 17. The molecule has 2 aliphatic carbocycles. The molecule has 6 atom stereocenters. The minimum absolute atomic E-state index is 0.118. The first-order valence-electron chi connectivity index (χ1n) is 19.8. The number of amides is 1. The maximum Gasteiger partial charge on any atom is 0.254 e. The highest BCUT2D eigenvalue weighted by atomic mass is 16.7. The molecule has 3 aromatic carbocycles. The van der Waals surface area contributed by atoms with Crippen LogP contribution in [0.15, 0.2) is 103 Å². The van der Waals surface area contributed by atoms with Gasteiger partial charge in [0.15, 0.2) is 0 Å². The van der Waals surface area contributed by atoms with Gasteiger partial charge in [-0.1, -0.05) is 73.1 Å². The monoisotopic (exact) mass is 750 g/mol. The number of nitrogens with zero attached hydrogens (tertiary/aromatic N) is 2. The Hall–Kier alpha value is -4.44. The van der Waals surface area contributed by atoms with Crippen molar-refractivity contribution in [3.05, 3.63) is 109 Å². The summed E-state index contributed by atoms with van der Waals surface area (Å²) in [5.74, 6) is -0.359. The number of carbonyl (C=O) groups excluding carboxylic acids is 1. The van der Waals surface area contributed by atoms with E-state index in [-0.39, 0.29) is 43.5 Å². The number of aliphatic hydroxyl groups excluding tert-OH is 2. The van der Waals surface area contributed by atoms with Crippen LogP contribution in [0.25, 0.3) is 10.8 Å². The van der Waals surface area contributed by atoms with Crippen LogP contribution in [0, 0.1) is 17.8 Å². The minimum atomic E-state index is -1.32. The van der Waals surface area contributed by atoms with Crippen LogP contribution in [0.4, 0.5) is 0 Å². The van der Waals surface area contributed by atoms with Gasteiger partial charge in [-0.3, -0.25) is 4.79 Å². The number of ether oxygens (including phenoxy) is 3. The van der Waals surface area contributed by atoms with E-state index in [1.807, 2.05) is 82.4 Å². The number of carbonyl (C=O) groups is 1. The lowest BCUT2D eigenvalue weighted by atomic mass is 9.55. The average molecular weight is 751 g/mol. The average Bonchev–Trinajstić information content (AvgIpc) is 3.18. The second-order valence-electron chi connectivity index (χ2n) is 16.1. The zero-order valence-electron chi connectivity index (χ0n) is 32.9. The Kier molecular flexibility index (Phi) is 12.9. The van der Waals surface area contributed by atoms with Crippen molar-refractivity contribution in [3.63, 3.8) is 0 Å². The lowest BCUT2D eigenvalue weighted by Crippen LogP contribution is -2.69. The fourth-order valence-electron chi connectivity index (χ4n) is 8.83. The first-order valence-corrected chi connectivity index (χ1v) is 19.8. The van der Waals surface area contributed by atoms with Crippen molar-refractivity contribution >= 4 is 22.4 Å². The van der Waals surface area contributed by atoms with Crippen LogP contribution >= 0.6 is 0 Å². The molecule has 0 aromatic heterocycles. The van der Waals surface area contributed by atoms with E-state index in [0.29, 0.717) is 42.9 Å². The molecule has 0 spiro atoms. The van der Waals surface area contributed by atoms with Crippen molar-refractivity contribution in [1.29, 1.82) is 0 Å². The van der Waals surface area contributed by atoms with Gasteiger partial charge in [0.2, 0.25) is 5.79 Å². The van der Waals surface area contributed by atoms with E-state index in [4.69, 9.17) is 24.2 Å². The summed E-state index contributed by atoms with van der Waals surface area (Å²) in [5, 5.41) is 26.6. The topological polar surface area (TPSA) is 110 Å². The molecule has 3 aromatic rings. The standard InChI is InChI=1S/C46H58N2O7/c1-7-25-52-35-21-22-40-38(29-35)42-36(18-12-14-24-50)33(17-11-13-23-49)28-37-39(47-55-45(3,4)5)30-41(46(54-40,43(37)42)53-26-8-2)48(6)44(51)34-20-19-31-15-9-10-16-32(31)27-34/h7-10,15-16,19-22,27-29,33,36,41-43,49-50H,1-2,11-14,17-18,23-26,30H2,3-6H3/t33-,36+,41-,42+,43+,46+/m0/s1. The van der Waals surface area contributed by atoms with Gasteiger partial charge in [0.1, 0.15) is 29.7 Å². The molecule has 1 saturated carbocycles. The molecule has 0 saturated heterocycles. The molecule has 1 fully saturated rings. The summed E-state index contributed by atoms with van der Waals surface area (Å²) in [7, 11) is 1.83. The largest absolute Gasteiger partial charge is 0.490 e. The van der Waals surface area contributed by atoms with Crippen molar-refractivity contribution in [2.24, 2.45) is 22.9 Å². The molecule has 9 heteroatoms. The quantitative estimate of drug-likeness (QED) is 0.0808. The van der Waals surface area contributed by atoms with Gasteiger partial charge in [-0.05, 0) is 105 Å². The Bertz CT molecular complexity index is 1900. The molecule has 3 aliphatic rings. The zero-order valence-corrected chi connectivity index (χ0v) is 32.9. The number of allylic oxidation sites excluding steroid dienone is 1. The summed E-state index contributed by atoms with van der Waals surface area (Å²) < 4.78 is 20.4. The molecule has 2 N–H and O–H groups in total. The van der Waals surface area contributed by atoms with Gasteiger partial charge in [-0.25, -0.2) is 0 Å². The van der Waals surface area contributed by atoms with Crippen molar-refractivity contribution in [3.8, 4) is 11.5 Å². The Labute approximate surface area is 326 Å². The van der Waals surface area contributed by atoms with Crippen LogP contribution in [0.1, 0.15) is 87.6 Å². The number of hydrogen-bond acceptors (Lipinski definition) is 8. The first-order chi connectivity index (χ1) is 26.5. The van der Waals surface area contributed by atoms with E-state index < -0.39 is 23.3 Å². The molecule has 1 aliphatic heterocycles. The third kappa shape index (κ3) is 8.54. The second kappa shape index (κ2) is 17.6. The van der Waals surface area contributed by atoms with Crippen LogP contribution in [0.5, 0.6) is 11.5 Å². The van der Waals surface area contributed by atoms with Crippen LogP contribution in [-0.2, 0) is 9.57 Å². The lowest BCUT2D eigenvalue weighted by Gasteiger charge is -2.59. The molecule has 9 nitrogen and oxygen atoms in total. The molecule has 6 rings (SSSR count). The Morgan fingerprint density at radius 1 is 0.964 bits per heavy atom. The Morgan fingerprint density at radius 2 is 1.69 bits per heavy atom. The summed E-state index contributed by atoms with van der Waals surface area (Å²) in [4.78, 5) is 22.7. The SMILES string of the molecule is C=CCOc1ccc2c(c1)[C@H]1[C@H](CCCCO)[C@@H](CCCCO)C=C3C(=NOC(C)(C)C)C[C@H](N(C)C(=O)c4ccc5ccccc5c4)[C@@](OCC=C)(O2)[C@H]31. The van der Waals surface area contributed by atoms with Gasteiger partial charge in [-0.15, -0.1) is 6.58 Å². The number of benzene rings is 3. The maximum atomic E-state index is 14.7. The third-order valence-electron chi connectivity index (χ3n) is 11.2. The highest BCUT2D eigenvalue weighted by Gasteiger charge is 2.65. The summed E-state index contributed by atoms with van der Waals surface area (Å²) >= 11 is 0. The van der Waals surface area contributed by atoms with Crippen LogP contribution in [-0.4, -0.2) is 77.6 Å². The van der Waals surface area contributed by atoms with Gasteiger partial charge in [0.25, 0.3) is 5.91 Å². The lowest BCUT2D eigenvalue weighted by molar-refractivity contribution is -0.252. The fourth-order valence-corrected chi connectivity index (χ4v) is 8.83. The predicted octanol–water partition coefficient (Wildman–Crippen LogP) is 8.61. The minimum Gasteiger partial charge on any atom is -0.490 e. The molecule has 0 radical (unpaired) electrons. The Morgan fingerprint density at radius 3 is 2.40 bits per heavy atom. The number of hydrogen-bond donors (Lipinski definition) is 2. The molecule has 294 valence electrons. The normalized spacial score (nSPS) is 24.9. The Balaban J connectivity index is 1.58. The number of likely N-dealkylation sites (N-methyl/N-ethyl adjacent to an activating group) is 1. The predicted molar refractivity (Wildman–Crippen MR) is 218 cm³/mol. The van der Waals surface area contributed by atoms with Crippen molar-refractivity contribution in [2.75, 3.05) is 33.5 Å². The van der Waals surface area contributed by atoms with Crippen molar-refractivity contribution in [2.45, 2.75) is 89.1 Å². The fraction of sp³-hybridized carbons (Fsp3) is 0.478. The molecule has 55 heavy (non-hydrogen) atoms. The molecule has 1 heterocycles. The van der Waals surface area contributed by atoms with Gasteiger partial charge < -0.3 is 34.2 Å². The van der Waals surface area contributed by atoms with Gasteiger partial charge in [-0.2, -0.15) is 0 Å². The number of oxime groups is 1. The van der Waals surface area contributed by atoms with E-state index in [1.54, 1.807) is 17.1 Å². The highest BCUT2D eigenvalue weighted by molar-refractivity contribution is 6.04. The number of unbranched alkanes of at least 4 members (excludes halogenated alkanes) is 2. The molecule has 0 unspecified atom stereocenters. The van der Waals surface area contributed by atoms with E-state index in [2.05, 4.69) is 25.3 Å². The third-order valence-corrected chi connectivity index (χ3v) is 11.2. The van der Waals surface area contributed by atoms with E-state index in [9.17, 15) is 15.0 Å². The molecule has 0 bridgehead atoms. The van der Waals surface area contributed by atoms with Gasteiger partial charge in [0, 0.05) is 43.7 Å².